The molecule has 2 aromatic heterocycles. The molecule has 0 spiro atoms. The Balaban J connectivity index is 1.75. The van der Waals surface area contributed by atoms with Gasteiger partial charge in [0.25, 0.3) is 11.8 Å². The number of thiophene rings is 2. The Morgan fingerprint density at radius 3 is 2.62 bits per heavy atom. The second kappa shape index (κ2) is 8.22. The lowest BCUT2D eigenvalue weighted by Crippen LogP contribution is -2.26. The van der Waals surface area contributed by atoms with Gasteiger partial charge in [-0.25, -0.2) is 0 Å². The average molecular weight is 425 g/mol. The minimum Gasteiger partial charge on any atom is -0.337 e. The first-order chi connectivity index (χ1) is 12.4. The van der Waals surface area contributed by atoms with E-state index in [-0.39, 0.29) is 11.8 Å². The highest BCUT2D eigenvalue weighted by atomic mass is 35.5. The molecule has 0 aliphatic rings. The van der Waals surface area contributed by atoms with Crippen LogP contribution in [-0.4, -0.2) is 23.8 Å². The van der Waals surface area contributed by atoms with Gasteiger partial charge in [0.15, 0.2) is 0 Å². The Morgan fingerprint density at radius 1 is 1.15 bits per heavy atom. The van der Waals surface area contributed by atoms with Gasteiger partial charge in [-0.2, -0.15) is 0 Å². The summed E-state index contributed by atoms with van der Waals surface area (Å²) in [6.45, 7) is 0.454. The monoisotopic (exact) mass is 424 g/mol. The molecule has 0 radical (unpaired) electrons. The zero-order valence-electron chi connectivity index (χ0n) is 13.7. The van der Waals surface area contributed by atoms with Crippen molar-refractivity contribution in [2.45, 2.75) is 6.54 Å². The van der Waals surface area contributed by atoms with E-state index in [0.717, 1.165) is 4.88 Å². The van der Waals surface area contributed by atoms with Crippen LogP contribution < -0.4 is 5.32 Å². The number of rotatable bonds is 5. The van der Waals surface area contributed by atoms with E-state index in [4.69, 9.17) is 23.2 Å². The van der Waals surface area contributed by atoms with Crippen molar-refractivity contribution in [1.82, 2.24) is 4.90 Å². The van der Waals surface area contributed by atoms with Gasteiger partial charge in [0.05, 0.1) is 26.5 Å². The van der Waals surface area contributed by atoms with Gasteiger partial charge < -0.3 is 10.2 Å². The molecule has 1 aromatic carbocycles. The SMILES string of the molecule is CN(Cc1ccc(Cl)s1)C(=O)c1ccc(Cl)c(NC(=O)c2cccs2)c1. The maximum absolute atomic E-state index is 12.7. The minimum atomic E-state index is -0.256. The highest BCUT2D eigenvalue weighted by Gasteiger charge is 2.16. The van der Waals surface area contributed by atoms with Crippen LogP contribution >= 0.6 is 45.9 Å². The zero-order valence-corrected chi connectivity index (χ0v) is 16.8. The first kappa shape index (κ1) is 18.9. The summed E-state index contributed by atoms with van der Waals surface area (Å²) in [6, 6.07) is 12.1. The van der Waals surface area contributed by atoms with Gasteiger partial charge in [-0.3, -0.25) is 9.59 Å². The van der Waals surface area contributed by atoms with Crippen LogP contribution in [-0.2, 0) is 6.54 Å². The lowest BCUT2D eigenvalue weighted by Gasteiger charge is -2.17. The van der Waals surface area contributed by atoms with Crippen LogP contribution in [0.15, 0.2) is 47.8 Å². The minimum absolute atomic E-state index is 0.169. The van der Waals surface area contributed by atoms with Crippen LogP contribution in [0.2, 0.25) is 9.36 Å². The molecule has 26 heavy (non-hydrogen) atoms. The fourth-order valence-electron chi connectivity index (χ4n) is 2.31. The predicted octanol–water partition coefficient (Wildman–Crippen LogP) is 5.64. The second-order valence-electron chi connectivity index (χ2n) is 5.49. The lowest BCUT2D eigenvalue weighted by molar-refractivity contribution is 0.0786. The zero-order chi connectivity index (χ0) is 18.7. The first-order valence-corrected chi connectivity index (χ1v) is 10.0. The van der Waals surface area contributed by atoms with Gasteiger partial charge in [0.2, 0.25) is 0 Å². The third kappa shape index (κ3) is 4.45. The molecule has 3 aromatic rings. The number of carbonyl (C=O) groups excluding carboxylic acids is 2. The highest BCUT2D eigenvalue weighted by Crippen LogP contribution is 2.26. The van der Waals surface area contributed by atoms with Crippen molar-refractivity contribution >= 4 is 63.4 Å². The quantitative estimate of drug-likeness (QED) is 0.575. The summed E-state index contributed by atoms with van der Waals surface area (Å²) in [5, 5.41) is 4.95. The Hall–Kier alpha value is -1.86. The molecule has 8 heteroatoms. The maximum atomic E-state index is 12.7. The Kier molecular flexibility index (Phi) is 5.98. The lowest BCUT2D eigenvalue weighted by atomic mass is 10.1. The number of nitrogens with one attached hydrogen (secondary N) is 1. The fraction of sp³-hybridized carbons (Fsp3) is 0.111. The fourth-order valence-corrected chi connectivity index (χ4v) is 4.23. The normalized spacial score (nSPS) is 10.6. The molecule has 0 saturated carbocycles. The number of carbonyl (C=O) groups is 2. The number of hydrogen-bond acceptors (Lipinski definition) is 4. The van der Waals surface area contributed by atoms with Gasteiger partial charge in [0, 0.05) is 17.5 Å². The molecule has 0 fully saturated rings. The van der Waals surface area contributed by atoms with Gasteiger partial charge in [-0.1, -0.05) is 29.3 Å². The number of nitrogens with zero attached hydrogens (tertiary/aromatic N) is 1. The van der Waals surface area contributed by atoms with E-state index in [2.05, 4.69) is 5.32 Å². The third-order valence-electron chi connectivity index (χ3n) is 3.58. The molecule has 1 N–H and O–H groups in total. The number of halogens is 2. The predicted molar refractivity (Wildman–Crippen MR) is 109 cm³/mol. The largest absolute Gasteiger partial charge is 0.337 e. The summed E-state index contributed by atoms with van der Waals surface area (Å²) in [5.74, 6) is -0.425. The van der Waals surface area contributed by atoms with E-state index in [9.17, 15) is 9.59 Å². The van der Waals surface area contributed by atoms with Crippen molar-refractivity contribution in [3.05, 3.63) is 72.5 Å². The average Bonchev–Trinajstić information content (AvgIpc) is 3.28. The molecule has 134 valence electrons. The molecule has 0 bridgehead atoms. The Bertz CT molecular complexity index is 939. The standard InChI is InChI=1S/C18H14Cl2N2O2S2/c1-22(10-12-5-7-16(20)26-12)18(24)11-4-6-13(19)14(9-11)21-17(23)15-3-2-8-25-15/h2-9H,10H2,1H3,(H,21,23). The van der Waals surface area contributed by atoms with Crippen molar-refractivity contribution in [3.63, 3.8) is 0 Å². The van der Waals surface area contributed by atoms with E-state index < -0.39 is 0 Å². The molecular formula is C18H14Cl2N2O2S2. The van der Waals surface area contributed by atoms with Gasteiger partial charge in [-0.05, 0) is 41.8 Å². The van der Waals surface area contributed by atoms with Gasteiger partial charge >= 0.3 is 0 Å². The van der Waals surface area contributed by atoms with E-state index >= 15 is 0 Å². The molecule has 0 atom stereocenters. The smallest absolute Gasteiger partial charge is 0.265 e. The topological polar surface area (TPSA) is 49.4 Å². The van der Waals surface area contributed by atoms with Crippen LogP contribution in [0, 0.1) is 0 Å². The van der Waals surface area contributed by atoms with Crippen molar-refractivity contribution in [2.24, 2.45) is 0 Å². The molecule has 0 saturated heterocycles. The Labute approximate surface area is 169 Å². The summed E-state index contributed by atoms with van der Waals surface area (Å²) in [4.78, 5) is 28.1. The van der Waals surface area contributed by atoms with Crippen LogP contribution in [0.4, 0.5) is 5.69 Å². The molecule has 4 nitrogen and oxygen atoms in total. The molecule has 2 heterocycles. The molecule has 0 unspecified atom stereocenters. The highest BCUT2D eigenvalue weighted by molar-refractivity contribution is 7.16. The van der Waals surface area contributed by atoms with Crippen LogP contribution in [0.1, 0.15) is 24.9 Å². The van der Waals surface area contributed by atoms with E-state index in [1.807, 2.05) is 11.4 Å². The van der Waals surface area contributed by atoms with E-state index in [1.165, 1.54) is 22.7 Å². The number of anilines is 1. The van der Waals surface area contributed by atoms with Crippen LogP contribution in [0.5, 0.6) is 0 Å². The first-order valence-electron chi connectivity index (χ1n) is 7.58. The second-order valence-corrected chi connectivity index (χ2v) is 8.65. The summed E-state index contributed by atoms with van der Waals surface area (Å²) in [6.07, 6.45) is 0. The van der Waals surface area contributed by atoms with Crippen molar-refractivity contribution in [1.29, 1.82) is 0 Å². The summed E-state index contributed by atoms with van der Waals surface area (Å²) in [5.41, 5.74) is 0.851. The molecule has 0 aliphatic heterocycles. The third-order valence-corrected chi connectivity index (χ3v) is 5.99. The maximum Gasteiger partial charge on any atom is 0.265 e. The van der Waals surface area contributed by atoms with Crippen LogP contribution in [0.3, 0.4) is 0 Å². The van der Waals surface area contributed by atoms with Crippen molar-refractivity contribution < 1.29 is 9.59 Å². The number of amides is 2. The summed E-state index contributed by atoms with van der Waals surface area (Å²) in [7, 11) is 1.72. The molecule has 3 rings (SSSR count). The number of hydrogen-bond donors (Lipinski definition) is 1. The van der Waals surface area contributed by atoms with Crippen molar-refractivity contribution in [2.75, 3.05) is 12.4 Å². The summed E-state index contributed by atoms with van der Waals surface area (Å²) >= 11 is 14.9. The van der Waals surface area contributed by atoms with Crippen LogP contribution in [0.25, 0.3) is 0 Å². The number of benzene rings is 1. The van der Waals surface area contributed by atoms with Gasteiger partial charge in [0.1, 0.15) is 0 Å². The molecular weight excluding hydrogens is 411 g/mol. The van der Waals surface area contributed by atoms with E-state index in [0.29, 0.717) is 32.0 Å². The van der Waals surface area contributed by atoms with Crippen molar-refractivity contribution in [3.8, 4) is 0 Å². The molecule has 2 amide bonds. The van der Waals surface area contributed by atoms with E-state index in [1.54, 1.807) is 48.3 Å². The Morgan fingerprint density at radius 2 is 1.96 bits per heavy atom. The molecule has 0 aliphatic carbocycles. The van der Waals surface area contributed by atoms with Gasteiger partial charge in [-0.15, -0.1) is 22.7 Å². The summed E-state index contributed by atoms with van der Waals surface area (Å²) < 4.78 is 0.686.